The van der Waals surface area contributed by atoms with E-state index in [1.165, 1.54) is 16.0 Å². The molecule has 0 spiro atoms. The first-order valence-corrected chi connectivity index (χ1v) is 12.1. The first-order chi connectivity index (χ1) is 14.6. The smallest absolute Gasteiger partial charge is 0.162 e. The number of fused-ring (bicyclic) bond motifs is 1. The fraction of sp³-hybridized carbons (Fsp3) is 0.520. The molecule has 5 heteroatoms. The van der Waals surface area contributed by atoms with Crippen LogP contribution >= 0.6 is 11.8 Å². The van der Waals surface area contributed by atoms with Crippen LogP contribution in [0.15, 0.2) is 47.4 Å². The lowest BCUT2D eigenvalue weighted by Gasteiger charge is -2.37. The van der Waals surface area contributed by atoms with Gasteiger partial charge in [-0.1, -0.05) is 44.2 Å². The summed E-state index contributed by atoms with van der Waals surface area (Å²) in [5, 5.41) is 14.5. The maximum Gasteiger partial charge on any atom is 0.162 e. The van der Waals surface area contributed by atoms with Crippen molar-refractivity contribution in [2.45, 2.75) is 69.5 Å². The monoisotopic (exact) mass is 429 g/mol. The molecule has 1 unspecified atom stereocenters. The number of thioether (sulfide) groups is 1. The van der Waals surface area contributed by atoms with Gasteiger partial charge in [0.1, 0.15) is 0 Å². The van der Waals surface area contributed by atoms with Gasteiger partial charge in [0, 0.05) is 16.2 Å². The lowest BCUT2D eigenvalue weighted by Crippen LogP contribution is -2.50. The Bertz CT molecular complexity index is 814. The summed E-state index contributed by atoms with van der Waals surface area (Å²) in [7, 11) is 0. The van der Waals surface area contributed by atoms with E-state index in [-0.39, 0.29) is 17.7 Å². The lowest BCUT2D eigenvalue weighted by molar-refractivity contribution is 0.116. The van der Waals surface area contributed by atoms with Gasteiger partial charge in [-0.25, -0.2) is 0 Å². The van der Waals surface area contributed by atoms with E-state index in [0.717, 1.165) is 36.5 Å². The van der Waals surface area contributed by atoms with Gasteiger partial charge < -0.3 is 14.6 Å². The first kappa shape index (κ1) is 23.0. The van der Waals surface area contributed by atoms with Gasteiger partial charge in [-0.3, -0.25) is 5.32 Å². The Kier molecular flexibility index (Phi) is 8.09. The molecule has 4 nitrogen and oxygen atoms in total. The van der Waals surface area contributed by atoms with Crippen molar-refractivity contribution in [1.82, 2.24) is 5.32 Å². The lowest BCUT2D eigenvalue weighted by atomic mass is 9.87. The molecule has 3 atom stereocenters. The van der Waals surface area contributed by atoms with Crippen LogP contribution in [0.1, 0.15) is 64.1 Å². The molecular formula is C25H35NO3S. The number of nitrogens with one attached hydrogen (secondary N) is 1. The molecule has 0 bridgehead atoms. The van der Waals surface area contributed by atoms with Crippen LogP contribution in [-0.4, -0.2) is 35.7 Å². The molecular weight excluding hydrogens is 394 g/mol. The minimum atomic E-state index is -0.311. The Morgan fingerprint density at radius 2 is 1.73 bits per heavy atom. The van der Waals surface area contributed by atoms with E-state index in [4.69, 9.17) is 9.47 Å². The van der Waals surface area contributed by atoms with Crippen LogP contribution in [0.4, 0.5) is 0 Å². The fourth-order valence-corrected chi connectivity index (χ4v) is 5.43. The van der Waals surface area contributed by atoms with Crippen LogP contribution in [0, 0.1) is 0 Å². The summed E-state index contributed by atoms with van der Waals surface area (Å²) in [5.41, 5.74) is 2.27. The highest BCUT2D eigenvalue weighted by Gasteiger charge is 2.37. The topological polar surface area (TPSA) is 50.7 Å². The summed E-state index contributed by atoms with van der Waals surface area (Å²) >= 11 is 1.85. The van der Waals surface area contributed by atoms with Crippen LogP contribution in [0.2, 0.25) is 0 Å². The van der Waals surface area contributed by atoms with Crippen molar-refractivity contribution in [1.29, 1.82) is 0 Å². The van der Waals surface area contributed by atoms with Crippen LogP contribution in [0.3, 0.4) is 0 Å². The van der Waals surface area contributed by atoms with Crippen molar-refractivity contribution in [3.63, 3.8) is 0 Å². The van der Waals surface area contributed by atoms with Crippen molar-refractivity contribution >= 4 is 11.8 Å². The van der Waals surface area contributed by atoms with E-state index in [9.17, 15) is 5.11 Å². The highest BCUT2D eigenvalue weighted by molar-refractivity contribution is 7.99. The van der Waals surface area contributed by atoms with Gasteiger partial charge in [0.2, 0.25) is 0 Å². The average Bonchev–Trinajstić information content (AvgIpc) is 2.92. The Balaban J connectivity index is 2.11. The molecule has 2 N–H and O–H groups in total. The molecule has 0 amide bonds. The molecule has 30 heavy (non-hydrogen) atoms. The summed E-state index contributed by atoms with van der Waals surface area (Å²) in [6, 6.07) is 14.9. The third-order valence-electron chi connectivity index (χ3n) is 5.85. The van der Waals surface area contributed by atoms with Gasteiger partial charge in [-0.05, 0) is 56.4 Å². The predicted octanol–water partition coefficient (Wildman–Crippen LogP) is 5.58. The number of benzene rings is 2. The molecule has 1 aliphatic heterocycles. The third-order valence-corrected chi connectivity index (χ3v) is 7.21. The summed E-state index contributed by atoms with van der Waals surface area (Å²) in [5.74, 6) is 2.49. The fourth-order valence-electron chi connectivity index (χ4n) is 4.06. The molecule has 0 fully saturated rings. The van der Waals surface area contributed by atoms with Gasteiger partial charge in [0.25, 0.3) is 0 Å². The van der Waals surface area contributed by atoms with E-state index in [1.807, 2.05) is 38.6 Å². The van der Waals surface area contributed by atoms with Gasteiger partial charge in [-0.2, -0.15) is 0 Å². The van der Waals surface area contributed by atoms with Crippen molar-refractivity contribution in [2.24, 2.45) is 0 Å². The number of hydrogen-bond acceptors (Lipinski definition) is 5. The van der Waals surface area contributed by atoms with E-state index in [2.05, 4.69) is 48.6 Å². The molecule has 0 radical (unpaired) electrons. The second-order valence-electron chi connectivity index (χ2n) is 7.88. The van der Waals surface area contributed by atoms with E-state index < -0.39 is 0 Å². The number of aliphatic hydroxyl groups is 1. The molecule has 3 rings (SSSR count). The van der Waals surface area contributed by atoms with Gasteiger partial charge in [0.15, 0.2) is 11.5 Å². The normalized spacial score (nSPS) is 22.1. The van der Waals surface area contributed by atoms with Crippen LogP contribution in [0.25, 0.3) is 0 Å². The zero-order valence-electron chi connectivity index (χ0n) is 18.6. The molecule has 2 aromatic carbocycles. The molecule has 0 saturated heterocycles. The maximum absolute atomic E-state index is 10.5. The van der Waals surface area contributed by atoms with E-state index in [0.29, 0.717) is 13.2 Å². The highest BCUT2D eigenvalue weighted by Crippen LogP contribution is 2.45. The number of aliphatic hydroxyl groups excluding tert-OH is 1. The molecule has 0 aromatic heterocycles. The Hall–Kier alpha value is -1.69. The quantitative estimate of drug-likeness (QED) is 0.545. The van der Waals surface area contributed by atoms with Crippen LogP contribution < -0.4 is 14.8 Å². The van der Waals surface area contributed by atoms with E-state index >= 15 is 0 Å². The molecule has 164 valence electrons. The molecule has 2 aromatic rings. The molecule has 1 aliphatic rings. The Morgan fingerprint density at radius 3 is 2.33 bits per heavy atom. The molecule has 1 heterocycles. The molecule has 0 saturated carbocycles. The van der Waals surface area contributed by atoms with Crippen LogP contribution in [-0.2, 0) is 0 Å². The van der Waals surface area contributed by atoms with Crippen LogP contribution in [0.5, 0.6) is 11.5 Å². The number of rotatable bonds is 9. The van der Waals surface area contributed by atoms with Crippen molar-refractivity contribution in [3.8, 4) is 11.5 Å². The van der Waals surface area contributed by atoms with E-state index in [1.54, 1.807) is 0 Å². The second kappa shape index (κ2) is 10.6. The number of hydrogen-bond donors (Lipinski definition) is 2. The van der Waals surface area contributed by atoms with Crippen molar-refractivity contribution in [2.75, 3.05) is 19.0 Å². The SMILES string of the molecule is CCOc1cc2c(cc1OCC)[C@H](c1ccccc1)N[C@@](CC)(CC(O)CC)CS2. The summed E-state index contributed by atoms with van der Waals surface area (Å²) in [4.78, 5) is 1.21. The van der Waals surface area contributed by atoms with Crippen molar-refractivity contribution < 1.29 is 14.6 Å². The maximum atomic E-state index is 10.5. The minimum absolute atomic E-state index is 0.0232. The van der Waals surface area contributed by atoms with Gasteiger partial charge in [0.05, 0.1) is 25.4 Å². The minimum Gasteiger partial charge on any atom is -0.490 e. The van der Waals surface area contributed by atoms with Crippen molar-refractivity contribution in [3.05, 3.63) is 53.6 Å². The largest absolute Gasteiger partial charge is 0.490 e. The zero-order valence-corrected chi connectivity index (χ0v) is 19.4. The average molecular weight is 430 g/mol. The third kappa shape index (κ3) is 5.13. The standard InChI is InChI=1S/C25H35NO3S/c1-5-19(27)16-25(6-2)17-30-23-15-22(29-8-4)21(28-7-3)14-20(23)24(26-25)18-12-10-9-11-13-18/h9-15,19,24,26-27H,5-8,16-17H2,1-4H3/t19?,24-,25-/m0/s1. The highest BCUT2D eigenvalue weighted by atomic mass is 32.2. The van der Waals surface area contributed by atoms with Gasteiger partial charge in [-0.15, -0.1) is 11.8 Å². The van der Waals surface area contributed by atoms with Gasteiger partial charge >= 0.3 is 0 Å². The first-order valence-electron chi connectivity index (χ1n) is 11.1. The predicted molar refractivity (Wildman–Crippen MR) is 125 cm³/mol. The summed E-state index contributed by atoms with van der Waals surface area (Å²) in [6.07, 6.45) is 2.14. The zero-order chi connectivity index (χ0) is 21.6. The second-order valence-corrected chi connectivity index (χ2v) is 8.90. The number of ether oxygens (including phenoxy) is 2. The summed E-state index contributed by atoms with van der Waals surface area (Å²) in [6.45, 7) is 9.45. The Morgan fingerprint density at radius 1 is 1.07 bits per heavy atom. The summed E-state index contributed by atoms with van der Waals surface area (Å²) < 4.78 is 11.8. The molecule has 0 aliphatic carbocycles. The Labute approximate surface area is 185 Å².